The van der Waals surface area contributed by atoms with Gasteiger partial charge in [0.25, 0.3) is 5.91 Å². The first-order valence-electron chi connectivity index (χ1n) is 6.81. The third kappa shape index (κ3) is 3.63. The molecule has 5 heteroatoms. The van der Waals surface area contributed by atoms with E-state index in [9.17, 15) is 15.0 Å². The van der Waals surface area contributed by atoms with Gasteiger partial charge >= 0.3 is 0 Å². The van der Waals surface area contributed by atoms with E-state index in [2.05, 4.69) is 10.5 Å². The average Bonchev–Trinajstić information content (AvgIpc) is 2.40. The Kier molecular flexibility index (Phi) is 4.46. The van der Waals surface area contributed by atoms with Crippen molar-refractivity contribution in [3.8, 4) is 11.5 Å². The van der Waals surface area contributed by atoms with Crippen LogP contribution in [0.25, 0.3) is 0 Å². The summed E-state index contributed by atoms with van der Waals surface area (Å²) in [5.74, 6) is -0.872. The van der Waals surface area contributed by atoms with Gasteiger partial charge in [-0.2, -0.15) is 5.10 Å². The van der Waals surface area contributed by atoms with Crippen LogP contribution in [0.4, 0.5) is 0 Å². The van der Waals surface area contributed by atoms with E-state index in [4.69, 9.17) is 0 Å². The van der Waals surface area contributed by atoms with Crippen LogP contribution in [0.3, 0.4) is 0 Å². The highest BCUT2D eigenvalue weighted by atomic mass is 16.3. The minimum Gasteiger partial charge on any atom is -0.508 e. The first-order chi connectivity index (χ1) is 10.4. The fourth-order valence-electron chi connectivity index (χ4n) is 2.34. The number of nitrogens with zero attached hydrogens (tertiary/aromatic N) is 1. The lowest BCUT2D eigenvalue weighted by Crippen LogP contribution is -2.17. The van der Waals surface area contributed by atoms with Gasteiger partial charge < -0.3 is 10.2 Å². The van der Waals surface area contributed by atoms with Gasteiger partial charge in [0.15, 0.2) is 0 Å². The highest BCUT2D eigenvalue weighted by Gasteiger charge is 2.07. The summed E-state index contributed by atoms with van der Waals surface area (Å²) in [5, 5.41) is 22.7. The zero-order valence-corrected chi connectivity index (χ0v) is 12.7. The van der Waals surface area contributed by atoms with E-state index in [1.165, 1.54) is 17.7 Å². The van der Waals surface area contributed by atoms with Crippen molar-refractivity contribution in [1.29, 1.82) is 0 Å². The number of benzene rings is 2. The van der Waals surface area contributed by atoms with Gasteiger partial charge in [0, 0.05) is 17.2 Å². The maximum atomic E-state index is 11.9. The molecule has 1 amide bonds. The van der Waals surface area contributed by atoms with Gasteiger partial charge in [0.05, 0.1) is 6.21 Å². The van der Waals surface area contributed by atoms with Crippen molar-refractivity contribution in [1.82, 2.24) is 5.43 Å². The second-order valence-electron chi connectivity index (χ2n) is 5.25. The molecule has 0 spiro atoms. The molecule has 114 valence electrons. The molecule has 0 saturated carbocycles. The van der Waals surface area contributed by atoms with E-state index in [1.807, 2.05) is 32.9 Å². The number of hydrazone groups is 1. The predicted molar refractivity (Wildman–Crippen MR) is 85.5 cm³/mol. The van der Waals surface area contributed by atoms with Crippen molar-refractivity contribution in [3.05, 3.63) is 58.1 Å². The minimum atomic E-state index is -0.509. The van der Waals surface area contributed by atoms with Gasteiger partial charge in [-0.3, -0.25) is 4.79 Å². The number of amides is 1. The molecule has 3 N–H and O–H groups in total. The maximum Gasteiger partial charge on any atom is 0.271 e. The van der Waals surface area contributed by atoms with E-state index in [-0.39, 0.29) is 17.1 Å². The van der Waals surface area contributed by atoms with E-state index in [0.717, 1.165) is 22.8 Å². The molecule has 0 unspecified atom stereocenters. The Hall–Kier alpha value is -2.82. The van der Waals surface area contributed by atoms with Crippen molar-refractivity contribution in [2.24, 2.45) is 5.10 Å². The topological polar surface area (TPSA) is 81.9 Å². The standard InChI is InChI=1S/C17H18N2O3/c1-10-4-11(2)16(12(3)5-10)9-18-19-17(22)13-6-14(20)8-15(21)7-13/h4-9,20-21H,1-3H3,(H,19,22). The molecule has 2 aromatic carbocycles. The summed E-state index contributed by atoms with van der Waals surface area (Å²) >= 11 is 0. The normalized spacial score (nSPS) is 10.9. The summed E-state index contributed by atoms with van der Waals surface area (Å²) in [7, 11) is 0. The lowest BCUT2D eigenvalue weighted by atomic mass is 10.0. The van der Waals surface area contributed by atoms with Crippen LogP contribution < -0.4 is 5.43 Å². The quantitative estimate of drug-likeness (QED) is 0.602. The summed E-state index contributed by atoms with van der Waals surface area (Å²) in [6, 6.07) is 7.76. The summed E-state index contributed by atoms with van der Waals surface area (Å²) < 4.78 is 0. The summed E-state index contributed by atoms with van der Waals surface area (Å²) in [6.45, 7) is 5.99. The van der Waals surface area contributed by atoms with Gasteiger partial charge in [-0.1, -0.05) is 17.7 Å². The predicted octanol–water partition coefficient (Wildman–Crippen LogP) is 2.79. The lowest BCUT2D eigenvalue weighted by molar-refractivity contribution is 0.0954. The van der Waals surface area contributed by atoms with Gasteiger partial charge in [-0.25, -0.2) is 5.43 Å². The van der Waals surface area contributed by atoms with E-state index < -0.39 is 5.91 Å². The number of carbonyl (C=O) groups excluding carboxylic acids is 1. The molecule has 0 aromatic heterocycles. The lowest BCUT2D eigenvalue weighted by Gasteiger charge is -2.06. The molecule has 0 heterocycles. The summed E-state index contributed by atoms with van der Waals surface area (Å²) in [5.41, 5.74) is 6.78. The molecule has 0 radical (unpaired) electrons. The zero-order chi connectivity index (χ0) is 16.3. The Bertz CT molecular complexity index is 708. The van der Waals surface area contributed by atoms with Gasteiger partial charge in [0.2, 0.25) is 0 Å². The number of phenols is 2. The van der Waals surface area contributed by atoms with E-state index >= 15 is 0 Å². The average molecular weight is 298 g/mol. The van der Waals surface area contributed by atoms with Crippen molar-refractivity contribution in [3.63, 3.8) is 0 Å². The summed E-state index contributed by atoms with van der Waals surface area (Å²) in [6.07, 6.45) is 1.59. The first-order valence-corrected chi connectivity index (χ1v) is 6.81. The Labute approximate surface area is 128 Å². The number of hydrogen-bond donors (Lipinski definition) is 3. The highest BCUT2D eigenvalue weighted by molar-refractivity contribution is 5.95. The molecule has 2 aromatic rings. The largest absolute Gasteiger partial charge is 0.508 e. The monoisotopic (exact) mass is 298 g/mol. The molecule has 0 aliphatic carbocycles. The molecular weight excluding hydrogens is 280 g/mol. The third-order valence-electron chi connectivity index (χ3n) is 3.26. The number of hydrogen-bond acceptors (Lipinski definition) is 4. The minimum absolute atomic E-state index is 0.131. The van der Waals surface area contributed by atoms with Crippen LogP contribution >= 0.6 is 0 Å². The number of phenolic OH excluding ortho intramolecular Hbond substituents is 2. The zero-order valence-electron chi connectivity index (χ0n) is 12.7. The Morgan fingerprint density at radius 2 is 1.55 bits per heavy atom. The number of rotatable bonds is 3. The smallest absolute Gasteiger partial charge is 0.271 e. The van der Waals surface area contributed by atoms with Crippen LogP contribution in [0, 0.1) is 20.8 Å². The highest BCUT2D eigenvalue weighted by Crippen LogP contribution is 2.20. The van der Waals surface area contributed by atoms with Crippen LogP contribution in [0.2, 0.25) is 0 Å². The van der Waals surface area contributed by atoms with E-state index in [1.54, 1.807) is 6.21 Å². The van der Waals surface area contributed by atoms with Crippen LogP contribution in [0.1, 0.15) is 32.6 Å². The molecular formula is C17H18N2O3. The Morgan fingerprint density at radius 1 is 1.00 bits per heavy atom. The van der Waals surface area contributed by atoms with Gasteiger partial charge in [0.1, 0.15) is 11.5 Å². The van der Waals surface area contributed by atoms with Crippen molar-refractivity contribution in [2.45, 2.75) is 20.8 Å². The molecule has 0 bridgehead atoms. The van der Waals surface area contributed by atoms with Crippen molar-refractivity contribution in [2.75, 3.05) is 0 Å². The second kappa shape index (κ2) is 6.30. The SMILES string of the molecule is Cc1cc(C)c(C=NNC(=O)c2cc(O)cc(O)c2)c(C)c1. The molecule has 5 nitrogen and oxygen atoms in total. The molecule has 0 aliphatic rings. The summed E-state index contributed by atoms with van der Waals surface area (Å²) in [4.78, 5) is 11.9. The van der Waals surface area contributed by atoms with Gasteiger partial charge in [-0.05, 0) is 44.0 Å². The fourth-order valence-corrected chi connectivity index (χ4v) is 2.34. The number of aryl methyl sites for hydroxylation is 3. The molecule has 2 rings (SSSR count). The van der Waals surface area contributed by atoms with Crippen molar-refractivity contribution < 1.29 is 15.0 Å². The number of nitrogens with one attached hydrogen (secondary N) is 1. The third-order valence-corrected chi connectivity index (χ3v) is 3.26. The van der Waals surface area contributed by atoms with Crippen LogP contribution in [0.15, 0.2) is 35.4 Å². The van der Waals surface area contributed by atoms with Crippen LogP contribution in [-0.4, -0.2) is 22.3 Å². The second-order valence-corrected chi connectivity index (χ2v) is 5.25. The van der Waals surface area contributed by atoms with Crippen molar-refractivity contribution >= 4 is 12.1 Å². The molecule has 0 saturated heterocycles. The first kappa shape index (κ1) is 15.6. The fraction of sp³-hybridized carbons (Fsp3) is 0.176. The maximum absolute atomic E-state index is 11.9. The molecule has 22 heavy (non-hydrogen) atoms. The molecule has 0 aliphatic heterocycles. The van der Waals surface area contributed by atoms with Crippen LogP contribution in [0.5, 0.6) is 11.5 Å². The van der Waals surface area contributed by atoms with Gasteiger partial charge in [-0.15, -0.1) is 0 Å². The molecule has 0 atom stereocenters. The van der Waals surface area contributed by atoms with E-state index in [0.29, 0.717) is 0 Å². The number of carbonyl (C=O) groups is 1. The van der Waals surface area contributed by atoms with Crippen LogP contribution in [-0.2, 0) is 0 Å². The Balaban J connectivity index is 2.14. The molecule has 0 fully saturated rings. The number of aromatic hydroxyl groups is 2. The Morgan fingerprint density at radius 3 is 2.09 bits per heavy atom.